The smallest absolute Gasteiger partial charge is 0.384 e. The van der Waals surface area contributed by atoms with Crippen LogP contribution in [0.3, 0.4) is 0 Å². The maximum Gasteiger partial charge on any atom is 0.411 e. The van der Waals surface area contributed by atoms with Crippen LogP contribution < -0.4 is 0 Å². The summed E-state index contributed by atoms with van der Waals surface area (Å²) >= 11 is 0. The third-order valence-corrected chi connectivity index (χ3v) is 1.47. The van der Waals surface area contributed by atoms with Crippen molar-refractivity contribution in [3.05, 3.63) is 24.3 Å². The molecule has 0 fully saturated rings. The minimum atomic E-state index is -4.39. The number of nitrogens with zero attached hydrogens (tertiary/aromatic N) is 2. The molecule has 15 heavy (non-hydrogen) atoms. The first kappa shape index (κ1) is 11.9. The summed E-state index contributed by atoms with van der Waals surface area (Å²) in [5.41, 5.74) is 0.180. The molecule has 0 radical (unpaired) electrons. The Hall–Kier alpha value is -1.21. The van der Waals surface area contributed by atoms with E-state index in [1.807, 2.05) is 0 Å². The second-order valence-corrected chi connectivity index (χ2v) is 2.78. The molecule has 0 bridgehead atoms. The topological polar surface area (TPSA) is 55.2 Å². The van der Waals surface area contributed by atoms with E-state index < -0.39 is 25.5 Å². The molecule has 0 aliphatic heterocycles. The fourth-order valence-electron chi connectivity index (χ4n) is 0.854. The lowest BCUT2D eigenvalue weighted by molar-refractivity contribution is -0.179. The van der Waals surface area contributed by atoms with E-state index >= 15 is 0 Å². The van der Waals surface area contributed by atoms with Crippen LogP contribution in [0.2, 0.25) is 0 Å². The van der Waals surface area contributed by atoms with Crippen LogP contribution in [0.5, 0.6) is 0 Å². The van der Waals surface area contributed by atoms with Crippen LogP contribution in [0.25, 0.3) is 0 Å². The third kappa shape index (κ3) is 4.71. The molecule has 0 saturated carbocycles. The molecule has 1 unspecified atom stereocenters. The highest BCUT2D eigenvalue weighted by Gasteiger charge is 2.27. The fourth-order valence-corrected chi connectivity index (χ4v) is 0.854. The van der Waals surface area contributed by atoms with E-state index in [4.69, 9.17) is 0 Å². The van der Waals surface area contributed by atoms with Gasteiger partial charge in [0.15, 0.2) is 0 Å². The molecule has 84 valence electrons. The van der Waals surface area contributed by atoms with Gasteiger partial charge in [-0.25, -0.2) is 0 Å². The van der Waals surface area contributed by atoms with Gasteiger partial charge in [0.1, 0.15) is 12.7 Å². The standard InChI is InChI=1S/C8H9F3N2O2/c9-8(10,11)5-15-4-7(14)6-3-12-1-2-13-6/h1-3,7,14H,4-5H2. The molecule has 1 aromatic heterocycles. The number of aliphatic hydroxyl groups is 1. The van der Waals surface area contributed by atoms with Crippen molar-refractivity contribution < 1.29 is 23.0 Å². The van der Waals surface area contributed by atoms with Crippen molar-refractivity contribution in [2.24, 2.45) is 0 Å². The van der Waals surface area contributed by atoms with Gasteiger partial charge in [-0.1, -0.05) is 0 Å². The molecule has 1 heterocycles. The summed E-state index contributed by atoms with van der Waals surface area (Å²) in [6, 6.07) is 0. The van der Waals surface area contributed by atoms with Gasteiger partial charge < -0.3 is 9.84 Å². The van der Waals surface area contributed by atoms with E-state index in [0.29, 0.717) is 0 Å². The number of halogens is 3. The van der Waals surface area contributed by atoms with Gasteiger partial charge in [-0.3, -0.25) is 9.97 Å². The molecular weight excluding hydrogens is 213 g/mol. The first-order valence-corrected chi connectivity index (χ1v) is 4.07. The predicted octanol–water partition coefficient (Wildman–Crippen LogP) is 1.09. The summed E-state index contributed by atoms with van der Waals surface area (Å²) in [6.07, 6.45) is -1.58. The highest BCUT2D eigenvalue weighted by atomic mass is 19.4. The summed E-state index contributed by atoms with van der Waals surface area (Å²) in [7, 11) is 0. The maximum atomic E-state index is 11.7. The number of aliphatic hydroxyl groups excluding tert-OH is 1. The number of hydrogen-bond donors (Lipinski definition) is 1. The van der Waals surface area contributed by atoms with Gasteiger partial charge in [-0.15, -0.1) is 0 Å². The molecule has 1 rings (SSSR count). The Balaban J connectivity index is 2.34. The Labute approximate surface area is 83.7 Å². The Kier molecular flexibility index (Phi) is 3.98. The molecule has 0 aromatic carbocycles. The zero-order valence-corrected chi connectivity index (χ0v) is 7.61. The average Bonchev–Trinajstić information content (AvgIpc) is 2.17. The molecule has 1 atom stereocenters. The van der Waals surface area contributed by atoms with E-state index in [1.165, 1.54) is 18.6 Å². The molecule has 0 aliphatic rings. The molecule has 1 N–H and O–H groups in total. The summed E-state index contributed by atoms with van der Waals surface area (Å²) in [5.74, 6) is 0. The Morgan fingerprint density at radius 2 is 2.13 bits per heavy atom. The molecule has 0 aliphatic carbocycles. The van der Waals surface area contributed by atoms with Gasteiger partial charge in [0.25, 0.3) is 0 Å². The number of rotatable bonds is 4. The van der Waals surface area contributed by atoms with Crippen LogP contribution >= 0.6 is 0 Å². The first-order valence-electron chi connectivity index (χ1n) is 4.07. The van der Waals surface area contributed by atoms with Gasteiger partial charge in [0, 0.05) is 12.4 Å². The number of alkyl halides is 3. The lowest BCUT2D eigenvalue weighted by Crippen LogP contribution is -2.20. The van der Waals surface area contributed by atoms with Crippen molar-refractivity contribution in [3.63, 3.8) is 0 Å². The Morgan fingerprint density at radius 1 is 1.40 bits per heavy atom. The van der Waals surface area contributed by atoms with Crippen LogP contribution in [0.15, 0.2) is 18.6 Å². The summed E-state index contributed by atoms with van der Waals surface area (Å²) < 4.78 is 39.3. The number of aromatic nitrogens is 2. The van der Waals surface area contributed by atoms with Crippen molar-refractivity contribution in [3.8, 4) is 0 Å². The van der Waals surface area contributed by atoms with Crippen molar-refractivity contribution in [1.82, 2.24) is 9.97 Å². The largest absolute Gasteiger partial charge is 0.411 e. The van der Waals surface area contributed by atoms with Crippen molar-refractivity contribution in [1.29, 1.82) is 0 Å². The zero-order chi connectivity index (χ0) is 11.3. The number of hydrogen-bond acceptors (Lipinski definition) is 4. The van der Waals surface area contributed by atoms with Crippen LogP contribution in [0.1, 0.15) is 11.8 Å². The van der Waals surface area contributed by atoms with Crippen LogP contribution in [-0.4, -0.2) is 34.5 Å². The van der Waals surface area contributed by atoms with E-state index in [0.717, 1.165) is 0 Å². The summed E-state index contributed by atoms with van der Waals surface area (Å²) in [4.78, 5) is 7.38. The second kappa shape index (κ2) is 5.04. The van der Waals surface area contributed by atoms with E-state index in [-0.39, 0.29) is 5.69 Å². The van der Waals surface area contributed by atoms with Crippen LogP contribution in [0, 0.1) is 0 Å². The fraction of sp³-hybridized carbons (Fsp3) is 0.500. The highest BCUT2D eigenvalue weighted by Crippen LogP contribution is 2.16. The molecule has 0 amide bonds. The number of ether oxygens (including phenoxy) is 1. The lowest BCUT2D eigenvalue weighted by atomic mass is 10.3. The minimum Gasteiger partial charge on any atom is -0.384 e. The minimum absolute atomic E-state index is 0.180. The average molecular weight is 222 g/mol. The van der Waals surface area contributed by atoms with Gasteiger partial charge in [-0.05, 0) is 0 Å². The predicted molar refractivity (Wildman–Crippen MR) is 43.9 cm³/mol. The van der Waals surface area contributed by atoms with E-state index in [9.17, 15) is 18.3 Å². The molecule has 7 heteroatoms. The summed E-state index contributed by atoms with van der Waals surface area (Å²) in [6.45, 7) is -1.84. The van der Waals surface area contributed by atoms with Crippen molar-refractivity contribution in [2.45, 2.75) is 12.3 Å². The van der Waals surface area contributed by atoms with Gasteiger partial charge in [-0.2, -0.15) is 13.2 Å². The highest BCUT2D eigenvalue weighted by molar-refractivity contribution is 4.98. The van der Waals surface area contributed by atoms with E-state index in [1.54, 1.807) is 0 Å². The Morgan fingerprint density at radius 3 is 2.67 bits per heavy atom. The molecule has 0 spiro atoms. The van der Waals surface area contributed by atoms with Crippen molar-refractivity contribution in [2.75, 3.05) is 13.2 Å². The maximum absolute atomic E-state index is 11.7. The monoisotopic (exact) mass is 222 g/mol. The Bertz CT molecular complexity index is 292. The summed E-state index contributed by atoms with van der Waals surface area (Å²) in [5, 5.41) is 9.32. The zero-order valence-electron chi connectivity index (χ0n) is 7.61. The third-order valence-electron chi connectivity index (χ3n) is 1.47. The first-order chi connectivity index (χ1) is 6.99. The molecule has 4 nitrogen and oxygen atoms in total. The normalized spacial score (nSPS) is 13.9. The molecule has 0 saturated heterocycles. The van der Waals surface area contributed by atoms with Crippen LogP contribution in [0.4, 0.5) is 13.2 Å². The SMILES string of the molecule is OC(COCC(F)(F)F)c1cnccn1. The van der Waals surface area contributed by atoms with Gasteiger partial charge >= 0.3 is 6.18 Å². The van der Waals surface area contributed by atoms with Crippen LogP contribution in [-0.2, 0) is 4.74 Å². The molecular formula is C8H9F3N2O2. The quantitative estimate of drug-likeness (QED) is 0.828. The van der Waals surface area contributed by atoms with Gasteiger partial charge in [0.05, 0.1) is 18.5 Å². The second-order valence-electron chi connectivity index (χ2n) is 2.78. The van der Waals surface area contributed by atoms with E-state index in [2.05, 4.69) is 14.7 Å². The lowest BCUT2D eigenvalue weighted by Gasteiger charge is -2.11. The van der Waals surface area contributed by atoms with Gasteiger partial charge in [0.2, 0.25) is 0 Å². The van der Waals surface area contributed by atoms with Crippen molar-refractivity contribution >= 4 is 0 Å². The molecule has 1 aromatic rings.